The van der Waals surface area contributed by atoms with E-state index in [-0.39, 0.29) is 5.76 Å². The minimum Gasteiger partial charge on any atom is -0.410 e. The van der Waals surface area contributed by atoms with Gasteiger partial charge in [0.05, 0.1) is 0 Å². The van der Waals surface area contributed by atoms with Crippen LogP contribution in [-0.2, 0) is 4.74 Å². The van der Waals surface area contributed by atoms with Crippen LogP contribution in [0.2, 0.25) is 0 Å². The molecule has 0 aliphatic heterocycles. The van der Waals surface area contributed by atoms with E-state index in [0.717, 1.165) is 6.08 Å². The average molecular weight is 139 g/mol. The van der Waals surface area contributed by atoms with Crippen LogP contribution in [0.4, 0.5) is 4.79 Å². The van der Waals surface area contributed by atoms with Gasteiger partial charge in [-0.05, 0) is 19.6 Å². The zero-order chi connectivity index (χ0) is 7.98. The number of nitrogens with one attached hydrogen (secondary N) is 1. The molecular formula is C7H9NO2. The molecule has 0 bridgehead atoms. The zero-order valence-electron chi connectivity index (χ0n) is 5.76. The highest BCUT2D eigenvalue weighted by Crippen LogP contribution is 1.92. The highest BCUT2D eigenvalue weighted by Gasteiger charge is 1.98. The average Bonchev–Trinajstić information content (AvgIpc) is 1.88. The molecule has 1 N–H and O–H groups in total. The number of alkyl carbamates (subject to hydrolysis) is 1. The van der Waals surface area contributed by atoms with E-state index in [1.807, 2.05) is 0 Å². The Morgan fingerprint density at radius 3 is 2.80 bits per heavy atom. The third kappa shape index (κ3) is 3.72. The first-order chi connectivity index (χ1) is 4.70. The van der Waals surface area contributed by atoms with Crippen molar-refractivity contribution in [3.05, 3.63) is 25.0 Å². The number of allylic oxidation sites excluding steroid dienone is 1. The predicted molar refractivity (Wildman–Crippen MR) is 36.8 cm³/mol. The molecule has 3 heteroatoms. The van der Waals surface area contributed by atoms with Gasteiger partial charge in [0.1, 0.15) is 5.76 Å². The number of ether oxygens (including phenoxy) is 1. The van der Waals surface area contributed by atoms with Crippen LogP contribution in [-0.4, -0.2) is 12.6 Å². The summed E-state index contributed by atoms with van der Waals surface area (Å²) in [7, 11) is 0. The fourth-order valence-corrected chi connectivity index (χ4v) is 0.321. The van der Waals surface area contributed by atoms with Crippen molar-refractivity contribution in [2.24, 2.45) is 0 Å². The van der Waals surface area contributed by atoms with Gasteiger partial charge in [0.25, 0.3) is 0 Å². The van der Waals surface area contributed by atoms with E-state index in [9.17, 15) is 4.79 Å². The van der Waals surface area contributed by atoms with Gasteiger partial charge in [0, 0.05) is 6.54 Å². The number of carbonyl (C=O) groups is 1. The quantitative estimate of drug-likeness (QED) is 0.468. The van der Waals surface area contributed by atoms with Crippen molar-refractivity contribution >= 4 is 6.09 Å². The van der Waals surface area contributed by atoms with E-state index in [1.165, 1.54) is 0 Å². The van der Waals surface area contributed by atoms with Crippen molar-refractivity contribution in [1.29, 1.82) is 0 Å². The number of amides is 1. The summed E-state index contributed by atoms with van der Waals surface area (Å²) in [6.07, 6.45) is 0.414. The van der Waals surface area contributed by atoms with Crippen molar-refractivity contribution in [1.82, 2.24) is 5.32 Å². The van der Waals surface area contributed by atoms with Crippen molar-refractivity contribution in [3.8, 4) is 0 Å². The maximum absolute atomic E-state index is 10.5. The maximum Gasteiger partial charge on any atom is 0.412 e. The molecule has 0 aromatic carbocycles. The molecule has 0 saturated carbocycles. The monoisotopic (exact) mass is 139 g/mol. The Morgan fingerprint density at radius 1 is 1.80 bits per heavy atom. The molecule has 10 heavy (non-hydrogen) atoms. The lowest BCUT2D eigenvalue weighted by atomic mass is 10.5. The molecule has 3 nitrogen and oxygen atoms in total. The number of hydrogen-bond donors (Lipinski definition) is 1. The summed E-state index contributed by atoms with van der Waals surface area (Å²) in [6.45, 7) is 12.2. The third-order valence-electron chi connectivity index (χ3n) is 0.696. The summed E-state index contributed by atoms with van der Waals surface area (Å²) in [5.74, 6) is -0.106. The summed E-state index contributed by atoms with van der Waals surface area (Å²) in [6, 6.07) is 0. The minimum absolute atomic E-state index is 0.106. The molecule has 0 heterocycles. The highest BCUT2D eigenvalue weighted by molar-refractivity contribution is 5.68. The molecule has 0 aromatic rings. The maximum atomic E-state index is 10.5. The molecule has 0 aliphatic rings. The van der Waals surface area contributed by atoms with Crippen molar-refractivity contribution < 1.29 is 9.53 Å². The molecule has 0 spiro atoms. The van der Waals surface area contributed by atoms with E-state index in [0.29, 0.717) is 6.54 Å². The van der Waals surface area contributed by atoms with Gasteiger partial charge in [-0.15, -0.1) is 0 Å². The van der Waals surface area contributed by atoms with Crippen LogP contribution in [0.15, 0.2) is 11.8 Å². The molecule has 0 unspecified atom stereocenters. The lowest BCUT2D eigenvalue weighted by molar-refractivity contribution is 0.180. The van der Waals surface area contributed by atoms with Crippen LogP contribution >= 0.6 is 0 Å². The van der Waals surface area contributed by atoms with Crippen LogP contribution in [0.3, 0.4) is 0 Å². The summed E-state index contributed by atoms with van der Waals surface area (Å²) < 4.78 is 4.40. The number of rotatable bonds is 3. The Bertz CT molecular complexity index is 152. The molecule has 0 rings (SSSR count). The third-order valence-corrected chi connectivity index (χ3v) is 0.696. The zero-order valence-corrected chi connectivity index (χ0v) is 5.76. The number of hydrogen-bond acceptors (Lipinski definition) is 2. The molecule has 2 radical (unpaired) electrons. The Labute approximate surface area is 60.4 Å². The standard InChI is InChI=1S/C7H9NO2/c1-4-6(3)10-7(9)8-5-2/h1,3-4H,5H2,2H3,(H,8,9). The Kier molecular flexibility index (Phi) is 4.04. The van der Waals surface area contributed by atoms with E-state index in [1.54, 1.807) is 6.92 Å². The van der Waals surface area contributed by atoms with Crippen LogP contribution in [0.5, 0.6) is 0 Å². The van der Waals surface area contributed by atoms with Crippen LogP contribution < -0.4 is 5.32 Å². The highest BCUT2D eigenvalue weighted by atomic mass is 16.6. The Balaban J connectivity index is 3.57. The van der Waals surface area contributed by atoms with Gasteiger partial charge in [0.2, 0.25) is 0 Å². The lowest BCUT2D eigenvalue weighted by Crippen LogP contribution is -2.22. The Hall–Kier alpha value is -1.25. The fraction of sp³-hybridized carbons (Fsp3) is 0.286. The summed E-state index contributed by atoms with van der Waals surface area (Å²) in [5.41, 5.74) is 0. The van der Waals surface area contributed by atoms with Gasteiger partial charge in [-0.25, -0.2) is 4.79 Å². The van der Waals surface area contributed by atoms with Crippen molar-refractivity contribution in [2.45, 2.75) is 6.92 Å². The molecule has 0 aliphatic carbocycles. The molecule has 54 valence electrons. The smallest absolute Gasteiger partial charge is 0.410 e. The molecular weight excluding hydrogens is 130 g/mol. The lowest BCUT2D eigenvalue weighted by Gasteiger charge is -2.01. The van der Waals surface area contributed by atoms with Gasteiger partial charge >= 0.3 is 6.09 Å². The molecule has 0 aromatic heterocycles. The van der Waals surface area contributed by atoms with Gasteiger partial charge in [-0.2, -0.15) is 0 Å². The summed E-state index contributed by atoms with van der Waals surface area (Å²) in [5, 5.41) is 2.37. The van der Waals surface area contributed by atoms with Gasteiger partial charge < -0.3 is 10.1 Å². The summed E-state index contributed by atoms with van der Waals surface area (Å²) >= 11 is 0. The first-order valence-electron chi connectivity index (χ1n) is 2.83. The van der Waals surface area contributed by atoms with E-state index in [4.69, 9.17) is 13.2 Å². The van der Waals surface area contributed by atoms with Crippen LogP contribution in [0.25, 0.3) is 0 Å². The molecule has 0 atom stereocenters. The van der Waals surface area contributed by atoms with E-state index >= 15 is 0 Å². The Morgan fingerprint density at radius 2 is 2.40 bits per heavy atom. The first kappa shape index (κ1) is 8.75. The molecule has 0 saturated heterocycles. The van der Waals surface area contributed by atoms with Gasteiger partial charge in [-0.1, -0.05) is 6.58 Å². The first-order valence-corrected chi connectivity index (χ1v) is 2.83. The minimum atomic E-state index is -0.596. The molecule has 0 fully saturated rings. The van der Waals surface area contributed by atoms with E-state index in [2.05, 4.69) is 10.1 Å². The topological polar surface area (TPSA) is 38.3 Å². The second kappa shape index (κ2) is 4.61. The van der Waals surface area contributed by atoms with Crippen LogP contribution in [0.1, 0.15) is 6.92 Å². The largest absolute Gasteiger partial charge is 0.412 e. The van der Waals surface area contributed by atoms with Crippen molar-refractivity contribution in [3.63, 3.8) is 0 Å². The summed E-state index contributed by atoms with van der Waals surface area (Å²) in [4.78, 5) is 10.5. The van der Waals surface area contributed by atoms with Gasteiger partial charge in [-0.3, -0.25) is 0 Å². The van der Waals surface area contributed by atoms with E-state index < -0.39 is 6.09 Å². The van der Waals surface area contributed by atoms with Gasteiger partial charge in [0.15, 0.2) is 0 Å². The predicted octanol–water partition coefficient (Wildman–Crippen LogP) is 1.04. The normalized spacial score (nSPS) is 8.10. The SMILES string of the molecule is [CH]=CC(=[CH])OC(=O)NCC. The molecule has 1 amide bonds. The second-order valence-corrected chi connectivity index (χ2v) is 1.49. The fourth-order valence-electron chi connectivity index (χ4n) is 0.321. The number of carbonyl (C=O) groups excluding carboxylic acids is 1. The van der Waals surface area contributed by atoms with Crippen molar-refractivity contribution in [2.75, 3.05) is 6.54 Å². The second-order valence-electron chi connectivity index (χ2n) is 1.49. The van der Waals surface area contributed by atoms with Crippen LogP contribution in [0, 0.1) is 13.2 Å².